The summed E-state index contributed by atoms with van der Waals surface area (Å²) in [5.41, 5.74) is 2.30. The van der Waals surface area contributed by atoms with Crippen LogP contribution in [0.25, 0.3) is 22.3 Å². The van der Waals surface area contributed by atoms with Crippen LogP contribution in [0.3, 0.4) is 0 Å². The van der Waals surface area contributed by atoms with Crippen LogP contribution in [-0.2, 0) is 34.7 Å². The van der Waals surface area contributed by atoms with E-state index in [0.29, 0.717) is 53.3 Å². The quantitative estimate of drug-likeness (QED) is 0.396. The zero-order valence-electron chi connectivity index (χ0n) is 21.6. The summed E-state index contributed by atoms with van der Waals surface area (Å²) in [6.45, 7) is 6.57. The van der Waals surface area contributed by atoms with Gasteiger partial charge in [-0.15, -0.1) is 0 Å². The SMILES string of the molecule is CCCCN(C)C(=O)Oc1ccc2nc3c(c(CC)c2c1)Cn1c-3cc2c(c1=O)COC(=O)[C@]2(O)CC. The van der Waals surface area contributed by atoms with E-state index in [1.165, 1.54) is 0 Å². The second-order valence-electron chi connectivity index (χ2n) is 9.70. The Morgan fingerprint density at radius 2 is 2.00 bits per heavy atom. The smallest absolute Gasteiger partial charge is 0.414 e. The number of hydrogen-bond donors (Lipinski definition) is 1. The molecule has 2 aliphatic rings. The minimum atomic E-state index is -1.86. The second kappa shape index (κ2) is 9.30. The zero-order valence-corrected chi connectivity index (χ0v) is 21.6. The number of carbonyl (C=O) groups excluding carboxylic acids is 2. The molecule has 2 aromatic heterocycles. The third kappa shape index (κ3) is 3.89. The summed E-state index contributed by atoms with van der Waals surface area (Å²) in [6.07, 6.45) is 2.25. The Morgan fingerprint density at radius 3 is 2.70 bits per heavy atom. The molecular formula is C28H31N3O6. The second-order valence-corrected chi connectivity index (χ2v) is 9.70. The predicted octanol–water partition coefficient (Wildman–Crippen LogP) is 3.87. The van der Waals surface area contributed by atoms with Gasteiger partial charge in [0, 0.05) is 30.1 Å². The number of nitrogens with zero attached hydrogens (tertiary/aromatic N) is 3. The van der Waals surface area contributed by atoms with Gasteiger partial charge in [0.1, 0.15) is 12.4 Å². The first kappa shape index (κ1) is 25.0. The van der Waals surface area contributed by atoms with Crippen molar-refractivity contribution in [3.8, 4) is 17.1 Å². The Morgan fingerprint density at radius 1 is 1.22 bits per heavy atom. The Labute approximate surface area is 214 Å². The Kier molecular flexibility index (Phi) is 6.27. The molecule has 0 spiro atoms. The van der Waals surface area contributed by atoms with E-state index in [1.807, 2.05) is 19.1 Å². The lowest BCUT2D eigenvalue weighted by Gasteiger charge is -2.31. The van der Waals surface area contributed by atoms with Crippen LogP contribution in [-0.4, -0.2) is 45.2 Å². The third-order valence-electron chi connectivity index (χ3n) is 7.49. The maximum absolute atomic E-state index is 13.5. The number of unbranched alkanes of at least 4 members (excludes halogenated alkanes) is 1. The Bertz CT molecular complexity index is 1490. The maximum Gasteiger partial charge on any atom is 0.414 e. The topological polar surface area (TPSA) is 111 Å². The van der Waals surface area contributed by atoms with Gasteiger partial charge in [-0.3, -0.25) is 4.79 Å². The van der Waals surface area contributed by atoms with Crippen LogP contribution in [0.1, 0.15) is 62.3 Å². The van der Waals surface area contributed by atoms with Crippen molar-refractivity contribution in [2.24, 2.45) is 0 Å². The largest absolute Gasteiger partial charge is 0.458 e. The lowest BCUT2D eigenvalue weighted by molar-refractivity contribution is -0.172. The molecule has 1 N–H and O–H groups in total. The first-order chi connectivity index (χ1) is 17.7. The number of aliphatic hydroxyl groups is 1. The van der Waals surface area contributed by atoms with Gasteiger partial charge in [-0.25, -0.2) is 14.6 Å². The van der Waals surface area contributed by atoms with Crippen LogP contribution in [0.2, 0.25) is 0 Å². The minimum Gasteiger partial charge on any atom is -0.458 e. The van der Waals surface area contributed by atoms with Crippen LogP contribution in [0.5, 0.6) is 5.75 Å². The molecule has 2 aliphatic heterocycles. The molecule has 4 heterocycles. The van der Waals surface area contributed by atoms with Gasteiger partial charge in [0.25, 0.3) is 5.56 Å². The molecular weight excluding hydrogens is 474 g/mol. The number of esters is 1. The van der Waals surface area contributed by atoms with Crippen LogP contribution in [0.4, 0.5) is 4.79 Å². The molecule has 0 aliphatic carbocycles. The summed E-state index contributed by atoms with van der Waals surface area (Å²) in [4.78, 5) is 44.8. The molecule has 194 valence electrons. The fourth-order valence-corrected chi connectivity index (χ4v) is 5.27. The molecule has 0 saturated heterocycles. The lowest BCUT2D eigenvalue weighted by atomic mass is 9.86. The summed E-state index contributed by atoms with van der Waals surface area (Å²) < 4.78 is 12.4. The third-order valence-corrected chi connectivity index (χ3v) is 7.49. The average molecular weight is 506 g/mol. The van der Waals surface area contributed by atoms with E-state index in [0.717, 1.165) is 29.4 Å². The molecule has 1 amide bonds. The molecule has 0 unspecified atom stereocenters. The number of pyridine rings is 2. The lowest BCUT2D eigenvalue weighted by Crippen LogP contribution is -2.44. The maximum atomic E-state index is 13.5. The first-order valence-corrected chi connectivity index (χ1v) is 12.8. The summed E-state index contributed by atoms with van der Waals surface area (Å²) >= 11 is 0. The summed E-state index contributed by atoms with van der Waals surface area (Å²) in [6, 6.07) is 7.06. The van der Waals surface area contributed by atoms with Gasteiger partial charge >= 0.3 is 12.1 Å². The zero-order chi connectivity index (χ0) is 26.5. The van der Waals surface area contributed by atoms with Crippen molar-refractivity contribution in [2.75, 3.05) is 13.6 Å². The van der Waals surface area contributed by atoms with Gasteiger partial charge in [-0.05, 0) is 49.1 Å². The van der Waals surface area contributed by atoms with E-state index in [-0.39, 0.29) is 18.6 Å². The predicted molar refractivity (Wildman–Crippen MR) is 137 cm³/mol. The first-order valence-electron chi connectivity index (χ1n) is 12.8. The minimum absolute atomic E-state index is 0.0923. The Balaban J connectivity index is 1.60. The molecule has 0 fully saturated rings. The van der Waals surface area contributed by atoms with E-state index in [4.69, 9.17) is 14.5 Å². The van der Waals surface area contributed by atoms with E-state index >= 15 is 0 Å². The van der Waals surface area contributed by atoms with Crippen molar-refractivity contribution in [1.29, 1.82) is 0 Å². The van der Waals surface area contributed by atoms with Crippen molar-refractivity contribution in [3.63, 3.8) is 0 Å². The van der Waals surface area contributed by atoms with Gasteiger partial charge in [0.15, 0.2) is 5.60 Å². The summed E-state index contributed by atoms with van der Waals surface area (Å²) in [7, 11) is 1.72. The number of hydrogen-bond acceptors (Lipinski definition) is 7. The highest BCUT2D eigenvalue weighted by Crippen LogP contribution is 2.40. The number of benzene rings is 1. The van der Waals surface area contributed by atoms with Crippen molar-refractivity contribution in [3.05, 3.63) is 56.9 Å². The van der Waals surface area contributed by atoms with E-state index < -0.39 is 17.7 Å². The van der Waals surface area contributed by atoms with Gasteiger partial charge in [-0.1, -0.05) is 27.2 Å². The number of aromatic nitrogens is 2. The molecule has 5 rings (SSSR count). The van der Waals surface area contributed by atoms with Crippen molar-refractivity contribution >= 4 is 23.0 Å². The molecule has 1 atom stereocenters. The number of amides is 1. The number of fused-ring (bicyclic) bond motifs is 5. The molecule has 0 radical (unpaired) electrons. The summed E-state index contributed by atoms with van der Waals surface area (Å²) in [5, 5.41) is 11.9. The van der Waals surface area contributed by atoms with Crippen molar-refractivity contribution in [1.82, 2.24) is 14.5 Å². The molecule has 9 heteroatoms. The summed E-state index contributed by atoms with van der Waals surface area (Å²) in [5.74, 6) is -0.308. The van der Waals surface area contributed by atoms with E-state index in [2.05, 4.69) is 6.92 Å². The molecule has 1 aromatic carbocycles. The van der Waals surface area contributed by atoms with Gasteiger partial charge in [-0.2, -0.15) is 0 Å². The fraction of sp³-hybridized carbons (Fsp3) is 0.429. The molecule has 3 aromatic rings. The Hall–Kier alpha value is -3.72. The van der Waals surface area contributed by atoms with Crippen LogP contribution >= 0.6 is 0 Å². The van der Waals surface area contributed by atoms with Crippen molar-refractivity contribution < 1.29 is 24.2 Å². The van der Waals surface area contributed by atoms with Gasteiger partial charge in [0.2, 0.25) is 0 Å². The van der Waals surface area contributed by atoms with Crippen LogP contribution in [0.15, 0.2) is 29.1 Å². The van der Waals surface area contributed by atoms with E-state index in [9.17, 15) is 19.5 Å². The molecule has 37 heavy (non-hydrogen) atoms. The highest BCUT2D eigenvalue weighted by atomic mass is 16.6. The van der Waals surface area contributed by atoms with E-state index in [1.54, 1.807) is 35.6 Å². The highest BCUT2D eigenvalue weighted by molar-refractivity contribution is 5.90. The highest BCUT2D eigenvalue weighted by Gasteiger charge is 2.45. The van der Waals surface area contributed by atoms with Crippen LogP contribution in [0, 0.1) is 0 Å². The normalized spacial score (nSPS) is 17.7. The number of ether oxygens (including phenoxy) is 2. The van der Waals surface area contributed by atoms with Gasteiger partial charge < -0.3 is 24.0 Å². The standard InChI is InChI=1S/C28H31N3O6/c1-5-8-11-30(4)27(34)37-16-9-10-22-18(12-16)17(6-2)19-14-31-23(24(19)29-22)13-21-20(25(31)32)15-36-26(33)28(21,35)7-3/h9-10,12-13,35H,5-8,11,14-15H2,1-4H3/t28-/m0/s1. The number of rotatable bonds is 6. The van der Waals surface area contributed by atoms with Gasteiger partial charge in [0.05, 0.1) is 29.0 Å². The number of carbonyl (C=O) groups is 2. The molecule has 0 bridgehead atoms. The fourth-order valence-electron chi connectivity index (χ4n) is 5.27. The van der Waals surface area contributed by atoms with Crippen molar-refractivity contribution in [2.45, 2.75) is 65.2 Å². The number of aryl methyl sites for hydroxylation is 1. The number of cyclic esters (lactones) is 1. The molecule has 9 nitrogen and oxygen atoms in total. The van der Waals surface area contributed by atoms with Crippen LogP contribution < -0.4 is 10.3 Å². The molecule has 0 saturated carbocycles. The monoisotopic (exact) mass is 505 g/mol. The average Bonchev–Trinajstić information content (AvgIpc) is 3.26.